The minimum atomic E-state index is 0.686. The zero-order valence-electron chi connectivity index (χ0n) is 14.3. The molecular formula is C17H37N3. The van der Waals surface area contributed by atoms with E-state index in [4.69, 9.17) is 0 Å². The first-order valence-corrected chi connectivity index (χ1v) is 8.83. The fourth-order valence-electron chi connectivity index (χ4n) is 3.29. The first-order valence-electron chi connectivity index (χ1n) is 8.83. The van der Waals surface area contributed by atoms with E-state index in [0.29, 0.717) is 6.04 Å². The van der Waals surface area contributed by atoms with Crippen molar-refractivity contribution < 1.29 is 0 Å². The minimum Gasteiger partial charge on any atom is -0.314 e. The van der Waals surface area contributed by atoms with E-state index in [0.717, 1.165) is 12.6 Å². The standard InChI is InChI=1S/C17H37N3/c1-5-12-18-16(3)10-7-8-13-19(4)15-17-11-9-14-20(17)6-2/h16-18H,5-15H2,1-4H3. The largest absolute Gasteiger partial charge is 0.314 e. The maximum atomic E-state index is 3.57. The van der Waals surface area contributed by atoms with Crippen LogP contribution < -0.4 is 5.32 Å². The second-order valence-electron chi connectivity index (χ2n) is 6.54. The lowest BCUT2D eigenvalue weighted by Crippen LogP contribution is -2.39. The van der Waals surface area contributed by atoms with Gasteiger partial charge in [-0.25, -0.2) is 0 Å². The van der Waals surface area contributed by atoms with Gasteiger partial charge in [-0.15, -0.1) is 0 Å². The number of nitrogens with zero attached hydrogens (tertiary/aromatic N) is 2. The number of hydrogen-bond donors (Lipinski definition) is 1. The molecular weight excluding hydrogens is 246 g/mol. The van der Waals surface area contributed by atoms with Gasteiger partial charge >= 0.3 is 0 Å². The molecule has 1 heterocycles. The van der Waals surface area contributed by atoms with Gasteiger partial charge in [-0.1, -0.05) is 20.3 Å². The highest BCUT2D eigenvalue weighted by atomic mass is 15.2. The molecule has 2 atom stereocenters. The summed E-state index contributed by atoms with van der Waals surface area (Å²) >= 11 is 0. The van der Waals surface area contributed by atoms with Gasteiger partial charge in [0.1, 0.15) is 0 Å². The molecule has 2 unspecified atom stereocenters. The average molecular weight is 284 g/mol. The SMILES string of the molecule is CCCNC(C)CCCCN(C)CC1CCCN1CC. The van der Waals surface area contributed by atoms with Gasteiger partial charge in [-0.05, 0) is 72.3 Å². The van der Waals surface area contributed by atoms with Crippen molar-refractivity contribution in [3.05, 3.63) is 0 Å². The van der Waals surface area contributed by atoms with Crippen molar-refractivity contribution in [3.63, 3.8) is 0 Å². The number of likely N-dealkylation sites (tertiary alicyclic amines) is 1. The van der Waals surface area contributed by atoms with E-state index in [1.807, 2.05) is 0 Å². The molecule has 1 aliphatic heterocycles. The lowest BCUT2D eigenvalue weighted by atomic mass is 10.1. The summed E-state index contributed by atoms with van der Waals surface area (Å²) in [6.07, 6.45) is 8.04. The van der Waals surface area contributed by atoms with Crippen LogP contribution in [0.15, 0.2) is 0 Å². The fraction of sp³-hybridized carbons (Fsp3) is 1.00. The molecule has 1 rings (SSSR count). The molecule has 0 aromatic rings. The molecule has 0 aromatic heterocycles. The van der Waals surface area contributed by atoms with Crippen LogP contribution in [0.5, 0.6) is 0 Å². The summed E-state index contributed by atoms with van der Waals surface area (Å²) in [7, 11) is 2.30. The Balaban J connectivity index is 2.03. The molecule has 0 aliphatic carbocycles. The summed E-state index contributed by atoms with van der Waals surface area (Å²) in [6.45, 7) is 13.1. The minimum absolute atomic E-state index is 0.686. The Labute approximate surface area is 127 Å². The molecule has 1 fully saturated rings. The van der Waals surface area contributed by atoms with Gasteiger partial charge in [-0.2, -0.15) is 0 Å². The molecule has 0 aromatic carbocycles. The fourth-order valence-corrected chi connectivity index (χ4v) is 3.29. The average Bonchev–Trinajstić information content (AvgIpc) is 2.88. The molecule has 0 saturated carbocycles. The van der Waals surface area contributed by atoms with Crippen molar-refractivity contribution in [2.45, 2.75) is 71.4 Å². The highest BCUT2D eigenvalue weighted by molar-refractivity contribution is 4.80. The quantitative estimate of drug-likeness (QED) is 0.588. The van der Waals surface area contributed by atoms with Crippen LogP contribution in [0.2, 0.25) is 0 Å². The summed E-state index contributed by atoms with van der Waals surface area (Å²) in [5.74, 6) is 0. The van der Waals surface area contributed by atoms with E-state index in [1.54, 1.807) is 0 Å². The van der Waals surface area contributed by atoms with Gasteiger partial charge in [0, 0.05) is 18.6 Å². The van der Waals surface area contributed by atoms with Crippen LogP contribution in [0.25, 0.3) is 0 Å². The van der Waals surface area contributed by atoms with Gasteiger partial charge < -0.3 is 10.2 Å². The van der Waals surface area contributed by atoms with E-state index < -0.39 is 0 Å². The van der Waals surface area contributed by atoms with Crippen LogP contribution >= 0.6 is 0 Å². The van der Waals surface area contributed by atoms with Gasteiger partial charge in [-0.3, -0.25) is 4.90 Å². The molecule has 1 saturated heterocycles. The molecule has 0 radical (unpaired) electrons. The van der Waals surface area contributed by atoms with Crippen molar-refractivity contribution in [2.24, 2.45) is 0 Å². The number of nitrogens with one attached hydrogen (secondary N) is 1. The van der Waals surface area contributed by atoms with Crippen molar-refractivity contribution in [1.29, 1.82) is 0 Å². The Kier molecular flexibility index (Phi) is 9.49. The molecule has 3 nitrogen and oxygen atoms in total. The molecule has 1 aliphatic rings. The highest BCUT2D eigenvalue weighted by Crippen LogP contribution is 2.17. The molecule has 0 spiro atoms. The third-order valence-corrected chi connectivity index (χ3v) is 4.60. The zero-order valence-corrected chi connectivity index (χ0v) is 14.3. The molecule has 0 bridgehead atoms. The molecule has 120 valence electrons. The van der Waals surface area contributed by atoms with E-state index in [2.05, 4.69) is 42.9 Å². The van der Waals surface area contributed by atoms with E-state index in [9.17, 15) is 0 Å². The van der Waals surface area contributed by atoms with Crippen LogP contribution in [0, 0.1) is 0 Å². The summed E-state index contributed by atoms with van der Waals surface area (Å²) in [5, 5.41) is 3.57. The second kappa shape index (κ2) is 10.6. The molecule has 20 heavy (non-hydrogen) atoms. The molecule has 3 heteroatoms. The lowest BCUT2D eigenvalue weighted by molar-refractivity contribution is 0.196. The van der Waals surface area contributed by atoms with Crippen molar-refractivity contribution in [3.8, 4) is 0 Å². The summed E-state index contributed by atoms with van der Waals surface area (Å²) in [6, 6.07) is 1.50. The maximum absolute atomic E-state index is 3.57. The highest BCUT2D eigenvalue weighted by Gasteiger charge is 2.23. The summed E-state index contributed by atoms with van der Waals surface area (Å²) in [5.41, 5.74) is 0. The van der Waals surface area contributed by atoms with Crippen LogP contribution in [-0.2, 0) is 0 Å². The Hall–Kier alpha value is -0.120. The predicted octanol–water partition coefficient (Wildman–Crippen LogP) is 2.96. The van der Waals surface area contributed by atoms with Gasteiger partial charge in [0.25, 0.3) is 0 Å². The first kappa shape index (κ1) is 17.9. The zero-order chi connectivity index (χ0) is 14.8. The Bertz CT molecular complexity index is 232. The maximum Gasteiger partial charge on any atom is 0.0223 e. The second-order valence-corrected chi connectivity index (χ2v) is 6.54. The summed E-state index contributed by atoms with van der Waals surface area (Å²) in [4.78, 5) is 5.19. The van der Waals surface area contributed by atoms with E-state index in [-0.39, 0.29) is 0 Å². The van der Waals surface area contributed by atoms with E-state index >= 15 is 0 Å². The number of likely N-dealkylation sites (N-methyl/N-ethyl adjacent to an activating group) is 2. The van der Waals surface area contributed by atoms with Gasteiger partial charge in [0.05, 0.1) is 0 Å². The molecule has 0 amide bonds. The Morgan fingerprint density at radius 1 is 1.30 bits per heavy atom. The van der Waals surface area contributed by atoms with Crippen LogP contribution in [-0.4, -0.2) is 61.7 Å². The van der Waals surface area contributed by atoms with Crippen LogP contribution in [0.3, 0.4) is 0 Å². The number of unbranched alkanes of at least 4 members (excludes halogenated alkanes) is 1. The number of hydrogen-bond acceptors (Lipinski definition) is 3. The van der Waals surface area contributed by atoms with Crippen molar-refractivity contribution >= 4 is 0 Å². The van der Waals surface area contributed by atoms with Crippen LogP contribution in [0.1, 0.15) is 59.3 Å². The number of rotatable bonds is 11. The van der Waals surface area contributed by atoms with Crippen LogP contribution in [0.4, 0.5) is 0 Å². The summed E-state index contributed by atoms with van der Waals surface area (Å²) < 4.78 is 0. The monoisotopic (exact) mass is 283 g/mol. The van der Waals surface area contributed by atoms with E-state index in [1.165, 1.54) is 64.7 Å². The normalized spacial score (nSPS) is 21.8. The third kappa shape index (κ3) is 7.05. The third-order valence-electron chi connectivity index (χ3n) is 4.60. The van der Waals surface area contributed by atoms with Crippen molar-refractivity contribution in [1.82, 2.24) is 15.1 Å². The Morgan fingerprint density at radius 3 is 2.80 bits per heavy atom. The smallest absolute Gasteiger partial charge is 0.0223 e. The van der Waals surface area contributed by atoms with Gasteiger partial charge in [0.2, 0.25) is 0 Å². The topological polar surface area (TPSA) is 18.5 Å². The van der Waals surface area contributed by atoms with Gasteiger partial charge in [0.15, 0.2) is 0 Å². The first-order chi connectivity index (χ1) is 9.67. The Morgan fingerprint density at radius 2 is 2.10 bits per heavy atom. The predicted molar refractivity (Wildman–Crippen MR) is 89.4 cm³/mol. The van der Waals surface area contributed by atoms with Crippen molar-refractivity contribution in [2.75, 3.05) is 39.8 Å². The lowest BCUT2D eigenvalue weighted by Gasteiger charge is -2.27. The molecule has 1 N–H and O–H groups in total.